The predicted molar refractivity (Wildman–Crippen MR) is 178 cm³/mol. The Bertz CT molecular complexity index is 1630. The molecular formula is C32H43ClN8O5. The van der Waals surface area contributed by atoms with Crippen LogP contribution in [0.1, 0.15) is 33.6 Å². The molecule has 14 heteroatoms. The summed E-state index contributed by atoms with van der Waals surface area (Å²) in [5.74, 6) is 1.42. The lowest BCUT2D eigenvalue weighted by atomic mass is 9.96. The first-order valence-electron chi connectivity index (χ1n) is 15.6. The number of benzene rings is 1. The number of anilines is 3. The van der Waals surface area contributed by atoms with Crippen molar-refractivity contribution in [2.75, 3.05) is 69.7 Å². The molecule has 1 aromatic carbocycles. The van der Waals surface area contributed by atoms with Gasteiger partial charge in [0.1, 0.15) is 10.6 Å². The third kappa shape index (κ3) is 8.18. The van der Waals surface area contributed by atoms with Crippen molar-refractivity contribution in [1.82, 2.24) is 29.7 Å². The number of carbonyl (C=O) groups is 2. The molecule has 2 saturated heterocycles. The zero-order valence-electron chi connectivity index (χ0n) is 27.1. The van der Waals surface area contributed by atoms with Crippen LogP contribution in [0.3, 0.4) is 0 Å². The normalized spacial score (nSPS) is 16.4. The number of piperidine rings is 1. The minimum atomic E-state index is -0.484. The molecule has 248 valence electrons. The predicted octanol–water partition coefficient (Wildman–Crippen LogP) is 3.62. The Morgan fingerprint density at radius 1 is 1.07 bits per heavy atom. The van der Waals surface area contributed by atoms with Crippen LogP contribution >= 0.6 is 11.6 Å². The van der Waals surface area contributed by atoms with Gasteiger partial charge in [0, 0.05) is 71.0 Å². The highest BCUT2D eigenvalue weighted by Gasteiger charge is 2.28. The van der Waals surface area contributed by atoms with Crippen LogP contribution in [-0.4, -0.2) is 101 Å². The lowest BCUT2D eigenvalue weighted by Gasteiger charge is -2.39. The van der Waals surface area contributed by atoms with Crippen molar-refractivity contribution in [3.05, 3.63) is 45.8 Å². The number of rotatable bonds is 8. The van der Waals surface area contributed by atoms with Crippen molar-refractivity contribution in [3.63, 3.8) is 0 Å². The van der Waals surface area contributed by atoms with Gasteiger partial charge in [0.25, 0.3) is 11.5 Å². The molecule has 2 aliphatic rings. The van der Waals surface area contributed by atoms with Crippen molar-refractivity contribution in [1.29, 1.82) is 0 Å². The number of carbonyl (C=O) groups excluding carboxylic acids is 2. The highest BCUT2D eigenvalue weighted by molar-refractivity contribution is 6.32. The van der Waals surface area contributed by atoms with Gasteiger partial charge in [0.15, 0.2) is 18.2 Å². The summed E-state index contributed by atoms with van der Waals surface area (Å²) in [4.78, 5) is 52.4. The van der Waals surface area contributed by atoms with Gasteiger partial charge in [-0.1, -0.05) is 11.6 Å². The molecule has 46 heavy (non-hydrogen) atoms. The molecule has 0 unspecified atom stereocenters. The van der Waals surface area contributed by atoms with Crippen LogP contribution in [0.5, 0.6) is 5.75 Å². The van der Waals surface area contributed by atoms with Crippen LogP contribution in [0, 0.1) is 5.92 Å². The molecule has 0 bridgehead atoms. The van der Waals surface area contributed by atoms with Gasteiger partial charge in [-0.3, -0.25) is 14.5 Å². The van der Waals surface area contributed by atoms with Crippen molar-refractivity contribution in [2.24, 2.45) is 13.0 Å². The molecule has 0 saturated carbocycles. The van der Waals surface area contributed by atoms with Gasteiger partial charge >= 0.3 is 6.09 Å². The Balaban J connectivity index is 1.18. The molecule has 3 aromatic rings. The number of fused-ring (bicyclic) bond motifs is 1. The molecule has 0 atom stereocenters. The fourth-order valence-electron chi connectivity index (χ4n) is 5.70. The third-order valence-corrected chi connectivity index (χ3v) is 8.54. The van der Waals surface area contributed by atoms with E-state index in [2.05, 4.69) is 25.4 Å². The summed E-state index contributed by atoms with van der Waals surface area (Å²) in [6.07, 6.45) is 3.42. The number of hydrogen-bond donors (Lipinski definition) is 2. The quantitative estimate of drug-likeness (QED) is 0.371. The minimum Gasteiger partial charge on any atom is -0.478 e. The first kappa shape index (κ1) is 33.3. The number of likely N-dealkylation sites (N-methyl/N-ethyl adjacent to an activating group) is 1. The lowest BCUT2D eigenvalue weighted by molar-refractivity contribution is -0.122. The number of pyridine rings is 1. The number of nitrogens with zero attached hydrogens (tertiary/aromatic N) is 6. The summed E-state index contributed by atoms with van der Waals surface area (Å²) in [5, 5.41) is 6.91. The average Bonchev–Trinajstić information content (AvgIpc) is 3.03. The number of piperazine rings is 1. The van der Waals surface area contributed by atoms with Crippen LogP contribution in [0.4, 0.5) is 22.2 Å². The molecule has 13 nitrogen and oxygen atoms in total. The van der Waals surface area contributed by atoms with Crippen LogP contribution < -0.4 is 25.8 Å². The van der Waals surface area contributed by atoms with Crippen LogP contribution in [0.25, 0.3) is 10.9 Å². The Morgan fingerprint density at radius 3 is 2.46 bits per heavy atom. The molecule has 0 spiro atoms. The first-order chi connectivity index (χ1) is 21.9. The fourth-order valence-corrected chi connectivity index (χ4v) is 5.84. The summed E-state index contributed by atoms with van der Waals surface area (Å²) >= 11 is 6.50. The number of aryl methyl sites for hydroxylation is 1. The molecule has 0 aliphatic carbocycles. The number of halogens is 1. The fraction of sp³-hybridized carbons (Fsp3) is 0.531. The Hall–Kier alpha value is -4.10. The number of ether oxygens (including phenoxy) is 2. The topological polar surface area (TPSA) is 134 Å². The molecule has 2 amide bonds. The van der Waals surface area contributed by atoms with Crippen LogP contribution in [0.2, 0.25) is 5.02 Å². The van der Waals surface area contributed by atoms with Crippen molar-refractivity contribution in [2.45, 2.75) is 39.2 Å². The van der Waals surface area contributed by atoms with Crippen LogP contribution in [-0.2, 0) is 16.6 Å². The molecule has 0 radical (unpaired) electrons. The maximum Gasteiger partial charge on any atom is 0.410 e. The van der Waals surface area contributed by atoms with Crippen LogP contribution in [0.15, 0.2) is 35.3 Å². The van der Waals surface area contributed by atoms with E-state index < -0.39 is 5.60 Å². The van der Waals surface area contributed by atoms with Gasteiger partial charge in [-0.15, -0.1) is 0 Å². The second-order valence-electron chi connectivity index (χ2n) is 12.8. The van der Waals surface area contributed by atoms with E-state index >= 15 is 0 Å². The summed E-state index contributed by atoms with van der Waals surface area (Å²) in [6, 6.07) is 7.19. The summed E-state index contributed by atoms with van der Waals surface area (Å²) in [6.45, 7) is 11.2. The van der Waals surface area contributed by atoms with Gasteiger partial charge in [-0.2, -0.15) is 4.98 Å². The van der Waals surface area contributed by atoms with E-state index in [1.165, 1.54) is 11.6 Å². The van der Waals surface area contributed by atoms with E-state index in [9.17, 15) is 14.4 Å². The highest BCUT2D eigenvalue weighted by atomic mass is 35.5. The number of nitrogens with one attached hydrogen (secondary N) is 2. The van der Waals surface area contributed by atoms with E-state index in [-0.39, 0.29) is 29.9 Å². The molecular weight excluding hydrogens is 612 g/mol. The summed E-state index contributed by atoms with van der Waals surface area (Å²) in [5.41, 5.74) is 0.623. The molecule has 2 aliphatic heterocycles. The van der Waals surface area contributed by atoms with Gasteiger partial charge in [0.2, 0.25) is 5.95 Å². The summed E-state index contributed by atoms with van der Waals surface area (Å²) < 4.78 is 12.5. The van der Waals surface area contributed by atoms with Gasteiger partial charge in [-0.05, 0) is 63.8 Å². The van der Waals surface area contributed by atoms with E-state index in [1.54, 1.807) is 24.2 Å². The second-order valence-corrected chi connectivity index (χ2v) is 13.2. The number of amides is 2. The maximum absolute atomic E-state index is 12.7. The Kier molecular flexibility index (Phi) is 10.2. The zero-order valence-corrected chi connectivity index (χ0v) is 27.9. The molecule has 2 fully saturated rings. The van der Waals surface area contributed by atoms with Gasteiger partial charge in [0.05, 0.1) is 11.7 Å². The first-order valence-corrected chi connectivity index (χ1v) is 16.0. The van der Waals surface area contributed by atoms with E-state index in [0.29, 0.717) is 41.3 Å². The average molecular weight is 655 g/mol. The molecule has 2 N–H and O–H groups in total. The molecule has 2 aromatic heterocycles. The third-order valence-electron chi connectivity index (χ3n) is 8.26. The smallest absolute Gasteiger partial charge is 0.410 e. The monoisotopic (exact) mass is 654 g/mol. The standard InChI is InChI=1S/C32H43ClN8O5/c1-32(2,3)46-31(44)41-14-12-39(13-15-41)19-21-8-10-40(11-9-21)30-35-18-24(33)28(37-30)36-23-6-7-25-22(16-23)17-26(29(43)38(25)5)45-20-27(42)34-4/h6-7,16-18,21H,8-15,19-20H2,1-5H3,(H,34,42)(H,35,36,37). The van der Waals surface area contributed by atoms with E-state index in [4.69, 9.17) is 26.1 Å². The van der Waals surface area contributed by atoms with Crippen molar-refractivity contribution >= 4 is 52.0 Å². The summed E-state index contributed by atoms with van der Waals surface area (Å²) in [7, 11) is 3.17. The Labute approximate surface area is 273 Å². The SMILES string of the molecule is CNC(=O)COc1cc2cc(Nc3nc(N4CCC(CN5CCN(C(=O)OC(C)(C)C)CC5)CC4)ncc3Cl)ccc2n(C)c1=O. The maximum atomic E-state index is 12.7. The minimum absolute atomic E-state index is 0.0876. The van der Waals surface area contributed by atoms with Crippen molar-refractivity contribution in [3.8, 4) is 5.75 Å². The van der Waals surface area contributed by atoms with E-state index in [1.807, 2.05) is 39.0 Å². The van der Waals surface area contributed by atoms with Gasteiger partial charge in [-0.25, -0.2) is 9.78 Å². The molecule has 4 heterocycles. The Morgan fingerprint density at radius 2 is 1.78 bits per heavy atom. The molecule has 5 rings (SSSR count). The largest absolute Gasteiger partial charge is 0.478 e. The van der Waals surface area contributed by atoms with Crippen molar-refractivity contribution < 1.29 is 19.1 Å². The number of hydrogen-bond acceptors (Lipinski definition) is 10. The highest BCUT2D eigenvalue weighted by Crippen LogP contribution is 2.29. The number of aromatic nitrogens is 3. The lowest BCUT2D eigenvalue weighted by Crippen LogP contribution is -2.51. The van der Waals surface area contributed by atoms with E-state index in [0.717, 1.165) is 56.6 Å². The van der Waals surface area contributed by atoms with Gasteiger partial charge < -0.3 is 34.5 Å². The zero-order chi connectivity index (χ0) is 33.0. The second kappa shape index (κ2) is 14.1.